The molecule has 0 fully saturated rings. The quantitative estimate of drug-likeness (QED) is 0.674. The monoisotopic (exact) mass is 267 g/mol. The van der Waals surface area contributed by atoms with Crippen LogP contribution >= 0.6 is 0 Å². The maximum Gasteiger partial charge on any atom is 0.371 e. The predicted octanol–water partition coefficient (Wildman–Crippen LogP) is 2.82. The predicted molar refractivity (Wildman–Crippen MR) is 58.8 cm³/mol. The Morgan fingerprint density at radius 1 is 1.37 bits per heavy atom. The van der Waals surface area contributed by atoms with Gasteiger partial charge in [0, 0.05) is 18.2 Å². The highest BCUT2D eigenvalue weighted by Gasteiger charge is 2.16. The Morgan fingerprint density at radius 3 is 2.63 bits per heavy atom. The van der Waals surface area contributed by atoms with Crippen LogP contribution in [0.1, 0.15) is 10.6 Å². The summed E-state index contributed by atoms with van der Waals surface area (Å²) in [5.41, 5.74) is -0.682. The fraction of sp³-hybridized carbons (Fsp3) is 0. The molecule has 0 saturated heterocycles. The minimum absolute atomic E-state index is 0.0469. The van der Waals surface area contributed by atoms with Gasteiger partial charge in [-0.15, -0.1) is 0 Å². The molecule has 98 valence electrons. The molecule has 0 bridgehead atoms. The fourth-order valence-corrected chi connectivity index (χ4v) is 1.31. The number of carboxylic acids is 1. The van der Waals surface area contributed by atoms with Crippen molar-refractivity contribution in [1.82, 2.24) is 0 Å². The van der Waals surface area contributed by atoms with E-state index in [9.17, 15) is 19.3 Å². The summed E-state index contributed by atoms with van der Waals surface area (Å²) in [5.74, 6) is -2.88. The third kappa shape index (κ3) is 2.68. The molecule has 0 amide bonds. The van der Waals surface area contributed by atoms with Crippen molar-refractivity contribution in [3.8, 4) is 11.7 Å². The van der Waals surface area contributed by atoms with E-state index in [1.807, 2.05) is 0 Å². The van der Waals surface area contributed by atoms with Crippen LogP contribution < -0.4 is 4.74 Å². The summed E-state index contributed by atoms with van der Waals surface area (Å²) in [7, 11) is 0. The molecule has 0 aliphatic heterocycles. The number of benzene rings is 1. The number of nitro benzene ring substituents is 1. The maximum absolute atomic E-state index is 13.3. The molecule has 2 aromatic rings. The van der Waals surface area contributed by atoms with E-state index < -0.39 is 22.4 Å². The summed E-state index contributed by atoms with van der Waals surface area (Å²) in [6.07, 6.45) is 0. The molecule has 0 aliphatic carbocycles. The van der Waals surface area contributed by atoms with Gasteiger partial charge in [0.2, 0.25) is 11.6 Å². The number of carbonyl (C=O) groups is 1. The van der Waals surface area contributed by atoms with E-state index in [1.165, 1.54) is 18.2 Å². The summed E-state index contributed by atoms with van der Waals surface area (Å²) >= 11 is 0. The summed E-state index contributed by atoms with van der Waals surface area (Å²) in [6.45, 7) is 0. The molecule has 0 saturated carbocycles. The second-order valence-electron chi connectivity index (χ2n) is 3.40. The van der Waals surface area contributed by atoms with E-state index in [4.69, 9.17) is 14.3 Å². The van der Waals surface area contributed by atoms with Gasteiger partial charge >= 0.3 is 11.7 Å². The lowest BCUT2D eigenvalue weighted by atomic mass is 10.3. The third-order valence-electron chi connectivity index (χ3n) is 2.13. The molecular formula is C11H6FNO6. The van der Waals surface area contributed by atoms with Gasteiger partial charge in [-0.1, -0.05) is 0 Å². The highest BCUT2D eigenvalue weighted by Crippen LogP contribution is 2.27. The molecule has 1 aromatic carbocycles. The van der Waals surface area contributed by atoms with Gasteiger partial charge in [-0.25, -0.2) is 4.79 Å². The molecule has 2 rings (SSSR count). The van der Waals surface area contributed by atoms with Crippen molar-refractivity contribution in [2.45, 2.75) is 0 Å². The number of nitro groups is 1. The fourth-order valence-electron chi connectivity index (χ4n) is 1.31. The molecule has 0 aliphatic rings. The van der Waals surface area contributed by atoms with Gasteiger partial charge in [0.25, 0.3) is 5.95 Å². The smallest absolute Gasteiger partial charge is 0.371 e. The Balaban J connectivity index is 2.21. The lowest BCUT2D eigenvalue weighted by Gasteiger charge is -2.01. The lowest BCUT2D eigenvalue weighted by molar-refractivity contribution is -0.387. The number of nitrogens with zero attached hydrogens (tertiary/aromatic N) is 1. The average molecular weight is 267 g/mol. The Bertz CT molecular complexity index is 650. The summed E-state index contributed by atoms with van der Waals surface area (Å²) in [4.78, 5) is 20.1. The van der Waals surface area contributed by atoms with Crippen molar-refractivity contribution in [2.24, 2.45) is 0 Å². The van der Waals surface area contributed by atoms with E-state index in [-0.39, 0.29) is 17.5 Å². The van der Waals surface area contributed by atoms with Gasteiger partial charge in [-0.3, -0.25) is 10.1 Å². The molecule has 0 spiro atoms. The number of hydrogen-bond acceptors (Lipinski definition) is 5. The summed E-state index contributed by atoms with van der Waals surface area (Å²) < 4.78 is 23.1. The van der Waals surface area contributed by atoms with Crippen LogP contribution in [-0.2, 0) is 0 Å². The number of hydrogen-bond donors (Lipinski definition) is 1. The molecule has 0 unspecified atom stereocenters. The van der Waals surface area contributed by atoms with Crippen LogP contribution in [0.4, 0.5) is 10.1 Å². The first-order chi connectivity index (χ1) is 8.97. The third-order valence-corrected chi connectivity index (χ3v) is 2.13. The normalized spacial score (nSPS) is 10.2. The topological polar surface area (TPSA) is 103 Å². The highest BCUT2D eigenvalue weighted by molar-refractivity contribution is 5.84. The van der Waals surface area contributed by atoms with Crippen molar-refractivity contribution < 1.29 is 28.4 Å². The summed E-state index contributed by atoms with van der Waals surface area (Å²) in [6, 6.07) is 5.32. The minimum atomic E-state index is -1.27. The zero-order valence-corrected chi connectivity index (χ0v) is 9.20. The molecule has 0 atom stereocenters. The average Bonchev–Trinajstić information content (AvgIpc) is 2.77. The molecular weight excluding hydrogens is 261 g/mol. The SMILES string of the molecule is O=C(O)c1ccc(Oc2ccc([N+](=O)[O-])c(F)c2)o1. The van der Waals surface area contributed by atoms with Crippen molar-refractivity contribution in [2.75, 3.05) is 0 Å². The number of furan rings is 1. The first-order valence-corrected chi connectivity index (χ1v) is 4.92. The molecule has 19 heavy (non-hydrogen) atoms. The number of carboxylic acid groups (broad SMARTS) is 1. The Hall–Kier alpha value is -2.90. The van der Waals surface area contributed by atoms with E-state index in [1.54, 1.807) is 0 Å². The number of rotatable bonds is 4. The molecule has 1 heterocycles. The van der Waals surface area contributed by atoms with Crippen LogP contribution in [0, 0.1) is 15.9 Å². The van der Waals surface area contributed by atoms with Gasteiger partial charge in [0.15, 0.2) is 0 Å². The van der Waals surface area contributed by atoms with Crippen LogP contribution in [0.15, 0.2) is 34.7 Å². The first-order valence-electron chi connectivity index (χ1n) is 4.92. The van der Waals surface area contributed by atoms with Gasteiger partial charge < -0.3 is 14.3 Å². The van der Waals surface area contributed by atoms with Crippen LogP contribution in [0.5, 0.6) is 11.7 Å². The van der Waals surface area contributed by atoms with Crippen LogP contribution in [0.2, 0.25) is 0 Å². The Labute approximate surface area is 105 Å². The molecule has 1 aromatic heterocycles. The van der Waals surface area contributed by atoms with E-state index in [0.717, 1.165) is 12.1 Å². The summed E-state index contributed by atoms with van der Waals surface area (Å²) in [5, 5.41) is 19.0. The number of halogens is 1. The largest absolute Gasteiger partial charge is 0.475 e. The molecule has 8 heteroatoms. The van der Waals surface area contributed by atoms with Crippen LogP contribution in [-0.4, -0.2) is 16.0 Å². The van der Waals surface area contributed by atoms with Gasteiger partial charge in [0.1, 0.15) is 5.75 Å². The highest BCUT2D eigenvalue weighted by atomic mass is 19.1. The molecule has 0 radical (unpaired) electrons. The van der Waals surface area contributed by atoms with E-state index >= 15 is 0 Å². The number of ether oxygens (including phenoxy) is 1. The molecule has 7 nitrogen and oxygen atoms in total. The molecule has 1 N–H and O–H groups in total. The van der Waals surface area contributed by atoms with Crippen molar-refractivity contribution in [3.63, 3.8) is 0 Å². The van der Waals surface area contributed by atoms with E-state index in [2.05, 4.69) is 0 Å². The van der Waals surface area contributed by atoms with Crippen molar-refractivity contribution >= 4 is 11.7 Å². The van der Waals surface area contributed by atoms with Crippen LogP contribution in [0.3, 0.4) is 0 Å². The standard InChI is InChI=1S/C11H6FNO6/c12-7-5-6(1-2-8(7)13(16)17)18-10-4-3-9(19-10)11(14)15/h1-5H,(H,14,15). The van der Waals surface area contributed by atoms with Crippen LogP contribution in [0.25, 0.3) is 0 Å². The Kier molecular flexibility index (Phi) is 3.15. The second kappa shape index (κ2) is 4.77. The first kappa shape index (κ1) is 12.6. The number of aromatic carboxylic acids is 1. The van der Waals surface area contributed by atoms with Crippen molar-refractivity contribution in [3.05, 3.63) is 52.0 Å². The second-order valence-corrected chi connectivity index (χ2v) is 3.40. The van der Waals surface area contributed by atoms with Gasteiger partial charge in [0.05, 0.1) is 4.92 Å². The maximum atomic E-state index is 13.3. The zero-order chi connectivity index (χ0) is 14.0. The Morgan fingerprint density at radius 2 is 2.11 bits per heavy atom. The zero-order valence-electron chi connectivity index (χ0n) is 9.20. The van der Waals surface area contributed by atoms with Gasteiger partial charge in [-0.05, 0) is 12.1 Å². The van der Waals surface area contributed by atoms with E-state index in [0.29, 0.717) is 0 Å². The van der Waals surface area contributed by atoms with Gasteiger partial charge in [-0.2, -0.15) is 4.39 Å². The minimum Gasteiger partial charge on any atom is -0.475 e. The van der Waals surface area contributed by atoms with Crippen molar-refractivity contribution in [1.29, 1.82) is 0 Å². The lowest BCUT2D eigenvalue weighted by Crippen LogP contribution is -1.93.